The van der Waals surface area contributed by atoms with Crippen molar-refractivity contribution in [1.29, 1.82) is 0 Å². The first-order chi connectivity index (χ1) is 8.13. The molecule has 5 nitrogen and oxygen atoms in total. The predicted molar refractivity (Wildman–Crippen MR) is 68.9 cm³/mol. The lowest BCUT2D eigenvalue weighted by Gasteiger charge is -2.08. The van der Waals surface area contributed by atoms with Crippen LogP contribution in [0.1, 0.15) is 30.1 Å². The molecule has 0 aliphatic rings. The van der Waals surface area contributed by atoms with E-state index in [9.17, 15) is 5.11 Å². The molecule has 2 rings (SSSR count). The van der Waals surface area contributed by atoms with Crippen LogP contribution in [0.2, 0.25) is 0 Å². The van der Waals surface area contributed by atoms with Crippen molar-refractivity contribution >= 4 is 27.7 Å². The summed E-state index contributed by atoms with van der Waals surface area (Å²) >= 11 is 4.63. The number of nitrogens with zero attached hydrogens (tertiary/aromatic N) is 4. The van der Waals surface area contributed by atoms with E-state index in [2.05, 4.69) is 36.7 Å². The fourth-order valence-corrected chi connectivity index (χ4v) is 2.89. The summed E-state index contributed by atoms with van der Waals surface area (Å²) < 4.78 is 10.7. The highest BCUT2D eigenvalue weighted by Gasteiger charge is 2.18. The lowest BCUT2D eigenvalue weighted by molar-refractivity contribution is 0.171. The Kier molecular flexibility index (Phi) is 3.90. The third-order valence-corrected chi connectivity index (χ3v) is 4.02. The first-order valence-corrected chi connectivity index (χ1v) is 6.81. The fraction of sp³-hybridized carbons (Fsp3) is 0.500. The van der Waals surface area contributed by atoms with Gasteiger partial charge in [0.2, 0.25) is 0 Å². The molecule has 2 aromatic heterocycles. The molecule has 92 valence electrons. The number of hydrogen-bond acceptors (Lipinski definition) is 5. The monoisotopic (exact) mass is 316 g/mol. The van der Waals surface area contributed by atoms with Crippen molar-refractivity contribution in [3.63, 3.8) is 0 Å². The second-order valence-corrected chi connectivity index (χ2v) is 5.09. The molecule has 0 aliphatic heterocycles. The first-order valence-electron chi connectivity index (χ1n) is 5.29. The van der Waals surface area contributed by atoms with Gasteiger partial charge in [-0.3, -0.25) is 4.68 Å². The lowest BCUT2D eigenvalue weighted by atomic mass is 10.1. The number of aliphatic hydroxyl groups excluding tert-OH is 1. The quantitative estimate of drug-likeness (QED) is 0.935. The highest BCUT2D eigenvalue weighted by Crippen LogP contribution is 2.26. The molecular weight excluding hydrogens is 304 g/mol. The molecule has 0 radical (unpaired) electrons. The molecule has 1 N–H and O–H groups in total. The Labute approximate surface area is 112 Å². The van der Waals surface area contributed by atoms with E-state index in [4.69, 9.17) is 0 Å². The van der Waals surface area contributed by atoms with Crippen LogP contribution in [-0.2, 0) is 19.9 Å². The number of rotatable bonds is 4. The maximum atomic E-state index is 10.0. The first kappa shape index (κ1) is 12.7. The Morgan fingerprint density at radius 2 is 2.35 bits per heavy atom. The van der Waals surface area contributed by atoms with Gasteiger partial charge in [0, 0.05) is 13.5 Å². The molecule has 17 heavy (non-hydrogen) atoms. The smallest absolute Gasteiger partial charge is 0.104 e. The van der Waals surface area contributed by atoms with E-state index in [1.165, 1.54) is 0 Å². The summed E-state index contributed by atoms with van der Waals surface area (Å²) in [5.74, 6) is 0. The van der Waals surface area contributed by atoms with E-state index < -0.39 is 6.10 Å². The summed E-state index contributed by atoms with van der Waals surface area (Å²) in [6.07, 6.45) is 2.31. The van der Waals surface area contributed by atoms with Gasteiger partial charge in [-0.15, -0.1) is 0 Å². The van der Waals surface area contributed by atoms with Gasteiger partial charge in [0.1, 0.15) is 11.8 Å². The molecule has 0 saturated heterocycles. The van der Waals surface area contributed by atoms with Crippen molar-refractivity contribution in [3.05, 3.63) is 27.8 Å². The summed E-state index contributed by atoms with van der Waals surface area (Å²) in [6, 6.07) is 0. The van der Waals surface area contributed by atoms with Crippen LogP contribution in [0.25, 0.3) is 0 Å². The molecule has 0 saturated carbocycles. The summed E-state index contributed by atoms with van der Waals surface area (Å²) in [5.41, 5.74) is 2.59. The molecule has 7 heteroatoms. The number of aromatic nitrogens is 4. The standard InChI is InChI=1S/C10H13BrN4OS/c1-3-6-10(11)8(15(2)13-6)4-9(16)7-5-12-17-14-7/h5,9,16H,3-4H2,1-2H3. The molecule has 2 heterocycles. The number of hydrogen-bond donors (Lipinski definition) is 1. The Balaban J connectivity index is 2.21. The van der Waals surface area contributed by atoms with Crippen LogP contribution in [0.4, 0.5) is 0 Å². The minimum absolute atomic E-state index is 0.482. The molecule has 0 bridgehead atoms. The van der Waals surface area contributed by atoms with Crippen LogP contribution in [-0.4, -0.2) is 23.6 Å². The number of aliphatic hydroxyl groups is 1. The lowest BCUT2D eigenvalue weighted by Crippen LogP contribution is -2.07. The van der Waals surface area contributed by atoms with Gasteiger partial charge in [0.15, 0.2) is 0 Å². The van der Waals surface area contributed by atoms with Gasteiger partial charge in [0.25, 0.3) is 0 Å². The zero-order chi connectivity index (χ0) is 12.4. The molecule has 2 aromatic rings. The van der Waals surface area contributed by atoms with E-state index in [1.54, 1.807) is 10.9 Å². The summed E-state index contributed by atoms with van der Waals surface area (Å²) in [4.78, 5) is 0. The molecule has 0 aliphatic carbocycles. The summed E-state index contributed by atoms with van der Waals surface area (Å²) in [7, 11) is 1.88. The third kappa shape index (κ3) is 2.56. The van der Waals surface area contributed by atoms with Crippen LogP contribution < -0.4 is 0 Å². The zero-order valence-corrected chi connectivity index (χ0v) is 12.0. The van der Waals surface area contributed by atoms with E-state index in [0.29, 0.717) is 12.1 Å². The molecule has 0 spiro atoms. The molecule has 1 unspecified atom stereocenters. The van der Waals surface area contributed by atoms with E-state index in [1.807, 2.05) is 7.05 Å². The Hall–Kier alpha value is -0.790. The molecule has 1 atom stereocenters. The molecule has 0 aromatic carbocycles. The Morgan fingerprint density at radius 3 is 2.88 bits per heavy atom. The SMILES string of the molecule is CCc1nn(C)c(CC(O)c2cnsn2)c1Br. The highest BCUT2D eigenvalue weighted by atomic mass is 79.9. The zero-order valence-electron chi connectivity index (χ0n) is 9.59. The fourth-order valence-electron chi connectivity index (χ4n) is 1.65. The topological polar surface area (TPSA) is 63.8 Å². The van der Waals surface area contributed by atoms with Crippen molar-refractivity contribution in [1.82, 2.24) is 18.5 Å². The normalized spacial score (nSPS) is 12.9. The van der Waals surface area contributed by atoms with E-state index in [0.717, 1.165) is 34.0 Å². The van der Waals surface area contributed by atoms with Crippen molar-refractivity contribution in [2.75, 3.05) is 0 Å². The molecule has 0 fully saturated rings. The summed E-state index contributed by atoms with van der Waals surface area (Å²) in [5, 5.41) is 14.4. The van der Waals surface area contributed by atoms with Gasteiger partial charge in [-0.25, -0.2) is 0 Å². The second-order valence-electron chi connectivity index (χ2n) is 3.74. The largest absolute Gasteiger partial charge is 0.386 e. The van der Waals surface area contributed by atoms with E-state index in [-0.39, 0.29) is 0 Å². The summed E-state index contributed by atoms with van der Waals surface area (Å²) in [6.45, 7) is 2.05. The minimum atomic E-state index is -0.634. The average molecular weight is 317 g/mol. The highest BCUT2D eigenvalue weighted by molar-refractivity contribution is 9.10. The van der Waals surface area contributed by atoms with Gasteiger partial charge in [0.05, 0.1) is 33.8 Å². The number of aryl methyl sites for hydroxylation is 2. The Morgan fingerprint density at radius 1 is 1.59 bits per heavy atom. The van der Waals surface area contributed by atoms with Crippen LogP contribution in [0, 0.1) is 0 Å². The van der Waals surface area contributed by atoms with Crippen LogP contribution in [0.15, 0.2) is 10.7 Å². The maximum Gasteiger partial charge on any atom is 0.104 e. The van der Waals surface area contributed by atoms with Crippen LogP contribution in [0.3, 0.4) is 0 Å². The van der Waals surface area contributed by atoms with Crippen LogP contribution >= 0.6 is 27.7 Å². The van der Waals surface area contributed by atoms with Gasteiger partial charge in [-0.2, -0.15) is 13.8 Å². The molecule has 0 amide bonds. The van der Waals surface area contributed by atoms with Gasteiger partial charge in [-0.1, -0.05) is 6.92 Å². The minimum Gasteiger partial charge on any atom is -0.386 e. The van der Waals surface area contributed by atoms with E-state index >= 15 is 0 Å². The van der Waals surface area contributed by atoms with Crippen molar-refractivity contribution in [2.24, 2.45) is 7.05 Å². The van der Waals surface area contributed by atoms with Crippen molar-refractivity contribution in [3.8, 4) is 0 Å². The van der Waals surface area contributed by atoms with Gasteiger partial charge >= 0.3 is 0 Å². The predicted octanol–water partition coefficient (Wildman–Crippen LogP) is 1.87. The van der Waals surface area contributed by atoms with Gasteiger partial charge in [-0.05, 0) is 22.4 Å². The van der Waals surface area contributed by atoms with Crippen LogP contribution in [0.5, 0.6) is 0 Å². The number of halogens is 1. The second kappa shape index (κ2) is 5.24. The van der Waals surface area contributed by atoms with Crippen molar-refractivity contribution < 1.29 is 5.11 Å². The maximum absolute atomic E-state index is 10.0. The molecular formula is C10H13BrN4OS. The average Bonchev–Trinajstić information content (AvgIpc) is 2.92. The van der Waals surface area contributed by atoms with Crippen molar-refractivity contribution in [2.45, 2.75) is 25.9 Å². The van der Waals surface area contributed by atoms with Gasteiger partial charge < -0.3 is 5.11 Å². The third-order valence-electron chi connectivity index (χ3n) is 2.61. The Bertz CT molecular complexity index is 497.